The van der Waals surface area contributed by atoms with Crippen LogP contribution < -0.4 is 5.73 Å². The zero-order chi connectivity index (χ0) is 13.4. The second-order valence-electron chi connectivity index (χ2n) is 4.90. The van der Waals surface area contributed by atoms with Crippen molar-refractivity contribution in [1.82, 2.24) is 4.98 Å². The fourth-order valence-corrected chi connectivity index (χ4v) is 1.66. The lowest BCUT2D eigenvalue weighted by atomic mass is 10.1. The second kappa shape index (κ2) is 8.19. The van der Waals surface area contributed by atoms with E-state index in [0.29, 0.717) is 19.1 Å². The number of nitrogens with zero attached hydrogens (tertiary/aromatic N) is 1. The molecule has 0 aliphatic rings. The molecule has 0 aliphatic heterocycles. The Balaban J connectivity index is 2.36. The number of pyridine rings is 1. The summed E-state index contributed by atoms with van der Waals surface area (Å²) in [5, 5.41) is 0. The normalized spacial score (nSPS) is 14.7. The van der Waals surface area contributed by atoms with Crippen LogP contribution in [0.25, 0.3) is 0 Å². The third-order valence-corrected chi connectivity index (χ3v) is 2.49. The zero-order valence-electron chi connectivity index (χ0n) is 11.5. The molecule has 0 bridgehead atoms. The van der Waals surface area contributed by atoms with Gasteiger partial charge in [0, 0.05) is 25.0 Å². The molecule has 1 aromatic rings. The van der Waals surface area contributed by atoms with Crippen LogP contribution in [0.3, 0.4) is 0 Å². The van der Waals surface area contributed by atoms with Gasteiger partial charge in [-0.1, -0.05) is 13.8 Å². The van der Waals surface area contributed by atoms with Gasteiger partial charge in [0.1, 0.15) is 0 Å². The molecule has 4 nitrogen and oxygen atoms in total. The van der Waals surface area contributed by atoms with Crippen molar-refractivity contribution in [3.63, 3.8) is 0 Å². The van der Waals surface area contributed by atoms with Crippen LogP contribution in [0, 0.1) is 5.92 Å². The van der Waals surface area contributed by atoms with Crippen molar-refractivity contribution < 1.29 is 9.47 Å². The highest BCUT2D eigenvalue weighted by Crippen LogP contribution is 2.19. The Bertz CT molecular complexity index is 315. The Morgan fingerprint density at radius 1 is 1.17 bits per heavy atom. The third kappa shape index (κ3) is 5.58. The molecule has 2 atom stereocenters. The van der Waals surface area contributed by atoms with Crippen LogP contribution >= 0.6 is 0 Å². The highest BCUT2D eigenvalue weighted by molar-refractivity contribution is 5.14. The number of hydrogen-bond donors (Lipinski definition) is 1. The smallest absolute Gasteiger partial charge is 0.0975 e. The van der Waals surface area contributed by atoms with Crippen LogP contribution in [-0.4, -0.2) is 30.8 Å². The van der Waals surface area contributed by atoms with Gasteiger partial charge in [-0.05, 0) is 30.5 Å². The predicted molar refractivity (Wildman–Crippen MR) is 72.2 cm³/mol. The van der Waals surface area contributed by atoms with Crippen molar-refractivity contribution in [2.24, 2.45) is 11.7 Å². The molecule has 102 valence electrons. The van der Waals surface area contributed by atoms with Crippen LogP contribution in [0.5, 0.6) is 0 Å². The summed E-state index contributed by atoms with van der Waals surface area (Å²) < 4.78 is 11.3. The van der Waals surface area contributed by atoms with E-state index in [1.54, 1.807) is 12.4 Å². The number of ether oxygens (including phenoxy) is 2. The van der Waals surface area contributed by atoms with Crippen LogP contribution in [0.2, 0.25) is 0 Å². The molecule has 0 saturated carbocycles. The number of nitrogens with two attached hydrogens (primary N) is 1. The minimum Gasteiger partial charge on any atom is -0.379 e. The third-order valence-electron chi connectivity index (χ3n) is 2.49. The molecular weight excluding hydrogens is 228 g/mol. The molecular formula is C14H24N2O2. The molecule has 0 aliphatic carbocycles. The van der Waals surface area contributed by atoms with Gasteiger partial charge in [0.15, 0.2) is 0 Å². The van der Waals surface area contributed by atoms with Gasteiger partial charge >= 0.3 is 0 Å². The molecule has 4 heteroatoms. The topological polar surface area (TPSA) is 57.4 Å². The molecule has 2 unspecified atom stereocenters. The Labute approximate surface area is 110 Å². The molecule has 18 heavy (non-hydrogen) atoms. The van der Waals surface area contributed by atoms with Crippen molar-refractivity contribution in [2.75, 3.05) is 19.8 Å². The first-order chi connectivity index (χ1) is 8.61. The Hall–Kier alpha value is -0.970. The maximum atomic E-state index is 5.95. The molecule has 0 saturated heterocycles. The lowest BCUT2D eigenvalue weighted by Gasteiger charge is -2.21. The lowest BCUT2D eigenvalue weighted by Crippen LogP contribution is -2.28. The van der Waals surface area contributed by atoms with Crippen LogP contribution in [-0.2, 0) is 9.47 Å². The summed E-state index contributed by atoms with van der Waals surface area (Å²) in [7, 11) is 0. The van der Waals surface area contributed by atoms with Gasteiger partial charge in [-0.25, -0.2) is 0 Å². The molecule has 1 rings (SSSR count). The van der Waals surface area contributed by atoms with Gasteiger partial charge in [0.2, 0.25) is 0 Å². The van der Waals surface area contributed by atoms with Gasteiger partial charge in [-0.2, -0.15) is 0 Å². The van der Waals surface area contributed by atoms with Crippen molar-refractivity contribution >= 4 is 0 Å². The van der Waals surface area contributed by atoms with Crippen LogP contribution in [0.15, 0.2) is 24.5 Å². The van der Waals surface area contributed by atoms with E-state index in [1.165, 1.54) is 0 Å². The van der Waals surface area contributed by atoms with Crippen LogP contribution in [0.1, 0.15) is 32.4 Å². The molecule has 2 N–H and O–H groups in total. The predicted octanol–water partition coefficient (Wildman–Crippen LogP) is 2.16. The SMILES string of the molecule is CC(C)COCCOC(c1ccncc1)C(C)N. The minimum atomic E-state index is -0.101. The van der Waals surface area contributed by atoms with E-state index < -0.39 is 0 Å². The minimum absolute atomic E-state index is 0.0579. The summed E-state index contributed by atoms with van der Waals surface area (Å²) in [6.45, 7) is 8.13. The van der Waals surface area contributed by atoms with Gasteiger partial charge < -0.3 is 15.2 Å². The average Bonchev–Trinajstić information content (AvgIpc) is 2.34. The zero-order valence-corrected chi connectivity index (χ0v) is 11.5. The van der Waals surface area contributed by atoms with E-state index >= 15 is 0 Å². The maximum Gasteiger partial charge on any atom is 0.0975 e. The van der Waals surface area contributed by atoms with Crippen molar-refractivity contribution in [3.8, 4) is 0 Å². The Morgan fingerprint density at radius 2 is 1.83 bits per heavy atom. The molecule has 0 aromatic carbocycles. The van der Waals surface area contributed by atoms with E-state index in [-0.39, 0.29) is 12.1 Å². The number of hydrogen-bond acceptors (Lipinski definition) is 4. The highest BCUT2D eigenvalue weighted by Gasteiger charge is 2.16. The number of aromatic nitrogens is 1. The summed E-state index contributed by atoms with van der Waals surface area (Å²) in [4.78, 5) is 4.00. The van der Waals surface area contributed by atoms with Crippen molar-refractivity contribution in [1.29, 1.82) is 0 Å². The molecule has 0 fully saturated rings. The highest BCUT2D eigenvalue weighted by atomic mass is 16.5. The molecule has 0 amide bonds. The Morgan fingerprint density at radius 3 is 2.39 bits per heavy atom. The summed E-state index contributed by atoms with van der Waals surface area (Å²) in [6, 6.07) is 3.81. The van der Waals surface area contributed by atoms with Gasteiger partial charge in [-0.3, -0.25) is 4.98 Å². The van der Waals surface area contributed by atoms with E-state index in [4.69, 9.17) is 15.2 Å². The van der Waals surface area contributed by atoms with Gasteiger partial charge in [0.25, 0.3) is 0 Å². The second-order valence-corrected chi connectivity index (χ2v) is 4.90. The van der Waals surface area contributed by atoms with E-state index in [2.05, 4.69) is 18.8 Å². The van der Waals surface area contributed by atoms with E-state index in [9.17, 15) is 0 Å². The summed E-state index contributed by atoms with van der Waals surface area (Å²) in [5.74, 6) is 0.550. The molecule has 1 heterocycles. The summed E-state index contributed by atoms with van der Waals surface area (Å²) in [5.41, 5.74) is 7.00. The first-order valence-corrected chi connectivity index (χ1v) is 6.46. The quantitative estimate of drug-likeness (QED) is 0.720. The summed E-state index contributed by atoms with van der Waals surface area (Å²) in [6.07, 6.45) is 3.41. The fourth-order valence-electron chi connectivity index (χ4n) is 1.66. The summed E-state index contributed by atoms with van der Waals surface area (Å²) >= 11 is 0. The monoisotopic (exact) mass is 252 g/mol. The lowest BCUT2D eigenvalue weighted by molar-refractivity contribution is -0.00960. The first-order valence-electron chi connectivity index (χ1n) is 6.46. The largest absolute Gasteiger partial charge is 0.379 e. The molecule has 0 spiro atoms. The number of rotatable bonds is 8. The first kappa shape index (κ1) is 15.1. The average molecular weight is 252 g/mol. The van der Waals surface area contributed by atoms with Gasteiger partial charge in [0.05, 0.1) is 19.3 Å². The van der Waals surface area contributed by atoms with E-state index in [1.807, 2.05) is 19.1 Å². The molecule has 1 aromatic heterocycles. The van der Waals surface area contributed by atoms with Crippen LogP contribution in [0.4, 0.5) is 0 Å². The fraction of sp³-hybridized carbons (Fsp3) is 0.643. The molecule has 0 radical (unpaired) electrons. The van der Waals surface area contributed by atoms with Gasteiger partial charge in [-0.15, -0.1) is 0 Å². The van der Waals surface area contributed by atoms with E-state index in [0.717, 1.165) is 12.2 Å². The standard InChI is InChI=1S/C14H24N2O2/c1-11(2)10-17-8-9-18-14(12(3)15)13-4-6-16-7-5-13/h4-7,11-12,14H,8-10,15H2,1-3H3. The van der Waals surface area contributed by atoms with Crippen molar-refractivity contribution in [3.05, 3.63) is 30.1 Å². The Kier molecular flexibility index (Phi) is 6.86. The maximum absolute atomic E-state index is 5.95. The van der Waals surface area contributed by atoms with Crippen molar-refractivity contribution in [2.45, 2.75) is 32.9 Å².